The largest absolute Gasteiger partial charge is 0.292 e. The number of rotatable bonds is 6. The molecule has 0 aliphatic heterocycles. The number of carbonyl (C=O) groups excluding carboxylic acids is 1. The van der Waals surface area contributed by atoms with Crippen molar-refractivity contribution in [1.82, 2.24) is 4.90 Å². The molecule has 2 aromatic rings. The zero-order valence-electron chi connectivity index (χ0n) is 12.5. The highest BCUT2D eigenvalue weighted by molar-refractivity contribution is 6.00. The quantitative estimate of drug-likeness (QED) is 0.738. The summed E-state index contributed by atoms with van der Waals surface area (Å²) in [7, 11) is 0. The Bertz CT molecular complexity index is 538. The Balaban J connectivity index is 0.00000220. The zero-order valence-corrected chi connectivity index (χ0v) is 13.3. The zero-order chi connectivity index (χ0) is 14.4. The molecule has 112 valence electrons. The second-order valence-corrected chi connectivity index (χ2v) is 4.76. The van der Waals surface area contributed by atoms with E-state index in [0.29, 0.717) is 0 Å². The lowest BCUT2D eigenvalue weighted by atomic mass is 9.96. The summed E-state index contributed by atoms with van der Waals surface area (Å²) in [5.74, 6) is 0.167. The van der Waals surface area contributed by atoms with Gasteiger partial charge in [0.1, 0.15) is 0 Å². The highest BCUT2D eigenvalue weighted by Crippen LogP contribution is 2.24. The van der Waals surface area contributed by atoms with Gasteiger partial charge in [-0.05, 0) is 18.7 Å². The summed E-state index contributed by atoms with van der Waals surface area (Å²) >= 11 is 0. The van der Waals surface area contributed by atoms with Crippen LogP contribution < -0.4 is 0 Å². The van der Waals surface area contributed by atoms with Gasteiger partial charge in [-0.15, -0.1) is 12.4 Å². The van der Waals surface area contributed by atoms with Crippen LogP contribution in [0.15, 0.2) is 60.7 Å². The van der Waals surface area contributed by atoms with Crippen molar-refractivity contribution in [3.63, 3.8) is 0 Å². The van der Waals surface area contributed by atoms with Crippen molar-refractivity contribution in [3.8, 4) is 0 Å². The SMILES string of the molecule is CCN(CC)C(C(=O)c1ccccc1)c1ccccc1.Cl. The Morgan fingerprint density at radius 2 is 1.38 bits per heavy atom. The minimum absolute atomic E-state index is 0. The maximum atomic E-state index is 12.9. The van der Waals surface area contributed by atoms with E-state index in [1.807, 2.05) is 60.7 Å². The average molecular weight is 304 g/mol. The Morgan fingerprint density at radius 1 is 0.905 bits per heavy atom. The predicted octanol–water partition coefficient (Wildman–Crippen LogP) is 4.37. The Labute approximate surface area is 133 Å². The number of likely N-dealkylation sites (N-methyl/N-ethyl adjacent to an activating group) is 1. The number of benzene rings is 2. The van der Waals surface area contributed by atoms with Gasteiger partial charge in [0.05, 0.1) is 6.04 Å². The van der Waals surface area contributed by atoms with Crippen LogP contribution in [0.25, 0.3) is 0 Å². The molecule has 1 unspecified atom stereocenters. The lowest BCUT2D eigenvalue weighted by molar-refractivity contribution is 0.0831. The first-order valence-corrected chi connectivity index (χ1v) is 7.16. The first kappa shape index (κ1) is 17.4. The molecule has 0 saturated carbocycles. The summed E-state index contributed by atoms with van der Waals surface area (Å²) in [4.78, 5) is 15.1. The van der Waals surface area contributed by atoms with Gasteiger partial charge in [-0.1, -0.05) is 74.5 Å². The number of hydrogen-bond acceptors (Lipinski definition) is 2. The second kappa shape index (κ2) is 8.60. The highest BCUT2D eigenvalue weighted by Gasteiger charge is 2.26. The summed E-state index contributed by atoms with van der Waals surface area (Å²) in [6, 6.07) is 19.4. The van der Waals surface area contributed by atoms with Gasteiger partial charge in [0.25, 0.3) is 0 Å². The molecular formula is C18H22ClNO. The van der Waals surface area contributed by atoms with Crippen LogP contribution in [0.4, 0.5) is 0 Å². The maximum absolute atomic E-state index is 12.9. The van der Waals surface area contributed by atoms with Crippen molar-refractivity contribution in [3.05, 3.63) is 71.8 Å². The van der Waals surface area contributed by atoms with E-state index in [4.69, 9.17) is 0 Å². The van der Waals surface area contributed by atoms with Gasteiger partial charge >= 0.3 is 0 Å². The van der Waals surface area contributed by atoms with Gasteiger partial charge in [0.2, 0.25) is 0 Å². The van der Waals surface area contributed by atoms with Crippen LogP contribution in [0, 0.1) is 0 Å². The van der Waals surface area contributed by atoms with Crippen LogP contribution in [-0.4, -0.2) is 23.8 Å². The number of nitrogens with zero attached hydrogens (tertiary/aromatic N) is 1. The van der Waals surface area contributed by atoms with E-state index in [0.717, 1.165) is 24.2 Å². The summed E-state index contributed by atoms with van der Waals surface area (Å²) in [5, 5.41) is 0. The summed E-state index contributed by atoms with van der Waals surface area (Å²) in [6.07, 6.45) is 0. The molecule has 0 bridgehead atoms. The van der Waals surface area contributed by atoms with Crippen LogP contribution >= 0.6 is 12.4 Å². The van der Waals surface area contributed by atoms with Gasteiger partial charge in [-0.25, -0.2) is 0 Å². The molecule has 0 saturated heterocycles. The molecule has 0 aromatic heterocycles. The van der Waals surface area contributed by atoms with E-state index < -0.39 is 0 Å². The average Bonchev–Trinajstić information content (AvgIpc) is 2.53. The van der Waals surface area contributed by atoms with Crippen LogP contribution in [-0.2, 0) is 0 Å². The van der Waals surface area contributed by atoms with Gasteiger partial charge in [-0.2, -0.15) is 0 Å². The van der Waals surface area contributed by atoms with Crippen LogP contribution in [0.3, 0.4) is 0 Å². The van der Waals surface area contributed by atoms with E-state index in [2.05, 4.69) is 18.7 Å². The maximum Gasteiger partial charge on any atom is 0.184 e. The third-order valence-corrected chi connectivity index (χ3v) is 3.60. The number of ketones is 1. The molecule has 21 heavy (non-hydrogen) atoms. The van der Waals surface area contributed by atoms with Crippen molar-refractivity contribution < 1.29 is 4.79 Å². The molecule has 3 heteroatoms. The summed E-state index contributed by atoms with van der Waals surface area (Å²) in [6.45, 7) is 5.90. The molecule has 2 nitrogen and oxygen atoms in total. The molecule has 0 N–H and O–H groups in total. The van der Waals surface area contributed by atoms with Crippen molar-refractivity contribution in [2.24, 2.45) is 0 Å². The normalized spacial score (nSPS) is 11.8. The summed E-state index contributed by atoms with van der Waals surface area (Å²) in [5.41, 5.74) is 1.83. The lowest BCUT2D eigenvalue weighted by Gasteiger charge is -2.29. The third-order valence-electron chi connectivity index (χ3n) is 3.60. The molecule has 2 rings (SSSR count). The Kier molecular flexibility index (Phi) is 7.13. The fourth-order valence-corrected chi connectivity index (χ4v) is 2.51. The number of carbonyl (C=O) groups is 1. The van der Waals surface area contributed by atoms with Crippen molar-refractivity contribution >= 4 is 18.2 Å². The van der Waals surface area contributed by atoms with Crippen molar-refractivity contribution in [1.29, 1.82) is 0 Å². The fraction of sp³-hybridized carbons (Fsp3) is 0.278. The number of halogens is 1. The van der Waals surface area contributed by atoms with E-state index in [9.17, 15) is 4.79 Å². The van der Waals surface area contributed by atoms with Gasteiger partial charge in [0, 0.05) is 5.56 Å². The highest BCUT2D eigenvalue weighted by atomic mass is 35.5. The van der Waals surface area contributed by atoms with E-state index in [1.54, 1.807) is 0 Å². The van der Waals surface area contributed by atoms with E-state index in [-0.39, 0.29) is 24.2 Å². The number of hydrogen-bond donors (Lipinski definition) is 0. The minimum atomic E-state index is -0.200. The Morgan fingerprint density at radius 3 is 1.86 bits per heavy atom. The molecule has 0 fully saturated rings. The molecule has 0 amide bonds. The smallest absolute Gasteiger partial charge is 0.184 e. The predicted molar refractivity (Wildman–Crippen MR) is 90.1 cm³/mol. The van der Waals surface area contributed by atoms with Crippen LogP contribution in [0.5, 0.6) is 0 Å². The van der Waals surface area contributed by atoms with Crippen molar-refractivity contribution in [2.75, 3.05) is 13.1 Å². The Hall–Kier alpha value is -1.64. The van der Waals surface area contributed by atoms with Gasteiger partial charge < -0.3 is 0 Å². The lowest BCUT2D eigenvalue weighted by Crippen LogP contribution is -2.34. The first-order valence-electron chi connectivity index (χ1n) is 7.16. The van der Waals surface area contributed by atoms with Crippen LogP contribution in [0.2, 0.25) is 0 Å². The van der Waals surface area contributed by atoms with E-state index >= 15 is 0 Å². The van der Waals surface area contributed by atoms with Gasteiger partial charge in [0.15, 0.2) is 5.78 Å². The van der Waals surface area contributed by atoms with Crippen molar-refractivity contribution in [2.45, 2.75) is 19.9 Å². The van der Waals surface area contributed by atoms with E-state index in [1.165, 1.54) is 0 Å². The number of Topliss-reactive ketones (excluding diaryl/α,β-unsaturated/α-hetero) is 1. The molecule has 2 aromatic carbocycles. The fourth-order valence-electron chi connectivity index (χ4n) is 2.51. The topological polar surface area (TPSA) is 20.3 Å². The molecule has 0 radical (unpaired) electrons. The molecular weight excluding hydrogens is 282 g/mol. The van der Waals surface area contributed by atoms with Crippen LogP contribution in [0.1, 0.15) is 35.8 Å². The minimum Gasteiger partial charge on any atom is -0.292 e. The molecule has 0 aliphatic carbocycles. The molecule has 0 heterocycles. The third kappa shape index (κ3) is 4.16. The summed E-state index contributed by atoms with van der Waals surface area (Å²) < 4.78 is 0. The molecule has 1 atom stereocenters. The standard InChI is InChI=1S/C18H21NO.ClH/c1-3-19(4-2)17(15-11-7-5-8-12-15)18(20)16-13-9-6-10-14-16;/h5-14,17H,3-4H2,1-2H3;1H. The second-order valence-electron chi connectivity index (χ2n) is 4.76. The van der Waals surface area contributed by atoms with Gasteiger partial charge in [-0.3, -0.25) is 9.69 Å². The molecule has 0 spiro atoms. The monoisotopic (exact) mass is 303 g/mol. The first-order chi connectivity index (χ1) is 9.77. The molecule has 0 aliphatic rings.